The lowest BCUT2D eigenvalue weighted by molar-refractivity contribution is 0.418. The maximum absolute atomic E-state index is 5.53. The summed E-state index contributed by atoms with van der Waals surface area (Å²) in [5, 5.41) is 14.2. The number of aromatic nitrogens is 4. The van der Waals surface area contributed by atoms with Crippen LogP contribution in [0.5, 0.6) is 0 Å². The Morgan fingerprint density at radius 3 is 3.45 bits per heavy atom. The van der Waals surface area contributed by atoms with Gasteiger partial charge in [-0.3, -0.25) is 0 Å². The van der Waals surface area contributed by atoms with Gasteiger partial charge in [-0.05, 0) is 16.8 Å². The van der Waals surface area contributed by atoms with Gasteiger partial charge in [0.2, 0.25) is 5.95 Å². The van der Waals surface area contributed by atoms with Crippen LogP contribution in [0.25, 0.3) is 0 Å². The Bertz CT molecular complexity index is 243. The van der Waals surface area contributed by atoms with Gasteiger partial charge in [-0.2, -0.15) is 0 Å². The minimum atomic E-state index is 0.265. The van der Waals surface area contributed by atoms with Crippen LogP contribution in [0.2, 0.25) is 0 Å². The largest absolute Gasteiger partial charge is 0.353 e. The average molecular weight is 154 g/mol. The normalized spacial score (nSPS) is 22.5. The Kier molecular flexibility index (Phi) is 1.46. The molecule has 0 aliphatic carbocycles. The number of tetrazole rings is 1. The number of anilines is 1. The number of nitrogens with zero attached hydrogens (tertiary/aromatic N) is 4. The fourth-order valence-electron chi connectivity index (χ4n) is 1.25. The van der Waals surface area contributed by atoms with Gasteiger partial charge >= 0.3 is 0 Å². The van der Waals surface area contributed by atoms with Crippen molar-refractivity contribution in [2.75, 3.05) is 18.4 Å². The quantitative estimate of drug-likeness (QED) is 0.541. The molecule has 11 heavy (non-hydrogen) atoms. The van der Waals surface area contributed by atoms with Gasteiger partial charge in [-0.25, -0.2) is 4.68 Å². The van der Waals surface area contributed by atoms with E-state index in [1.54, 1.807) is 4.68 Å². The highest BCUT2D eigenvalue weighted by atomic mass is 15.6. The van der Waals surface area contributed by atoms with Gasteiger partial charge < -0.3 is 11.1 Å². The molecule has 1 aliphatic rings. The minimum Gasteiger partial charge on any atom is -0.353 e. The van der Waals surface area contributed by atoms with Crippen LogP contribution < -0.4 is 11.1 Å². The first-order valence-electron chi connectivity index (χ1n) is 3.63. The van der Waals surface area contributed by atoms with Gasteiger partial charge in [0.25, 0.3) is 0 Å². The molecule has 1 atom stereocenters. The summed E-state index contributed by atoms with van der Waals surface area (Å²) in [6.45, 7) is 1.50. The third-order valence-electron chi connectivity index (χ3n) is 1.87. The lowest BCUT2D eigenvalue weighted by Crippen LogP contribution is -2.29. The molecule has 2 heterocycles. The summed E-state index contributed by atoms with van der Waals surface area (Å²) in [6.07, 6.45) is 0.995. The van der Waals surface area contributed by atoms with E-state index in [4.69, 9.17) is 5.73 Å². The maximum atomic E-state index is 5.53. The molecular weight excluding hydrogens is 144 g/mol. The van der Waals surface area contributed by atoms with E-state index in [2.05, 4.69) is 20.8 Å². The zero-order valence-electron chi connectivity index (χ0n) is 6.06. The average Bonchev–Trinajstić information content (AvgIpc) is 2.50. The topological polar surface area (TPSA) is 81.7 Å². The molecule has 0 amide bonds. The van der Waals surface area contributed by atoms with Crippen LogP contribution in [0.1, 0.15) is 12.5 Å². The summed E-state index contributed by atoms with van der Waals surface area (Å²) in [4.78, 5) is 0. The number of hydrogen-bond donors (Lipinski definition) is 2. The predicted molar refractivity (Wildman–Crippen MR) is 39.0 cm³/mol. The van der Waals surface area contributed by atoms with E-state index in [-0.39, 0.29) is 6.04 Å². The second-order valence-electron chi connectivity index (χ2n) is 2.55. The highest BCUT2D eigenvalue weighted by Gasteiger charge is 2.19. The SMILES string of the molecule is NCC1CCNc2nnnn21. The fraction of sp³-hybridized carbons (Fsp3) is 0.800. The van der Waals surface area contributed by atoms with E-state index in [9.17, 15) is 0 Å². The third-order valence-corrected chi connectivity index (χ3v) is 1.87. The maximum Gasteiger partial charge on any atom is 0.243 e. The van der Waals surface area contributed by atoms with Crippen molar-refractivity contribution in [1.82, 2.24) is 20.2 Å². The monoisotopic (exact) mass is 154 g/mol. The molecule has 0 saturated carbocycles. The van der Waals surface area contributed by atoms with Crippen LogP contribution in [0.4, 0.5) is 5.95 Å². The number of rotatable bonds is 1. The van der Waals surface area contributed by atoms with E-state index in [0.717, 1.165) is 18.9 Å². The van der Waals surface area contributed by atoms with Gasteiger partial charge in [0.15, 0.2) is 0 Å². The number of nitrogens with two attached hydrogens (primary N) is 1. The molecule has 0 bridgehead atoms. The first-order chi connectivity index (χ1) is 5.42. The third kappa shape index (κ3) is 0.949. The molecule has 0 saturated heterocycles. The summed E-state index contributed by atoms with van der Waals surface area (Å²) in [5.74, 6) is 0.728. The smallest absolute Gasteiger partial charge is 0.243 e. The first kappa shape index (κ1) is 6.53. The molecule has 0 spiro atoms. The zero-order valence-corrected chi connectivity index (χ0v) is 6.06. The Labute approximate surface area is 63.8 Å². The molecule has 2 rings (SSSR count). The van der Waals surface area contributed by atoms with Gasteiger partial charge in [-0.15, -0.1) is 0 Å². The van der Waals surface area contributed by atoms with E-state index >= 15 is 0 Å². The molecule has 1 aliphatic heterocycles. The van der Waals surface area contributed by atoms with Crippen molar-refractivity contribution >= 4 is 5.95 Å². The molecule has 1 aromatic heterocycles. The Hall–Kier alpha value is -1.17. The predicted octanol–water partition coefficient (Wildman–Crippen LogP) is -1.01. The van der Waals surface area contributed by atoms with E-state index in [1.807, 2.05) is 0 Å². The molecule has 1 aromatic rings. The van der Waals surface area contributed by atoms with Crippen molar-refractivity contribution in [2.24, 2.45) is 5.73 Å². The first-order valence-corrected chi connectivity index (χ1v) is 3.63. The van der Waals surface area contributed by atoms with Crippen molar-refractivity contribution in [2.45, 2.75) is 12.5 Å². The number of fused-ring (bicyclic) bond motifs is 1. The van der Waals surface area contributed by atoms with E-state index in [1.165, 1.54) is 0 Å². The van der Waals surface area contributed by atoms with Crippen molar-refractivity contribution < 1.29 is 0 Å². The number of nitrogens with one attached hydrogen (secondary N) is 1. The van der Waals surface area contributed by atoms with Crippen LogP contribution in [0.3, 0.4) is 0 Å². The van der Waals surface area contributed by atoms with E-state index in [0.29, 0.717) is 6.54 Å². The highest BCUT2D eigenvalue weighted by Crippen LogP contribution is 2.17. The molecule has 60 valence electrons. The second-order valence-corrected chi connectivity index (χ2v) is 2.55. The molecule has 1 unspecified atom stereocenters. The molecule has 0 fully saturated rings. The van der Waals surface area contributed by atoms with Crippen LogP contribution >= 0.6 is 0 Å². The standard InChI is InChI=1S/C5H10N6/c6-3-4-1-2-7-5-8-9-10-11(4)5/h4H,1-3,6H2,(H,7,8,10). The molecule has 0 aromatic carbocycles. The van der Waals surface area contributed by atoms with Crippen LogP contribution in [-0.4, -0.2) is 33.3 Å². The van der Waals surface area contributed by atoms with Crippen molar-refractivity contribution in [1.29, 1.82) is 0 Å². The molecule has 3 N–H and O–H groups in total. The van der Waals surface area contributed by atoms with Crippen molar-refractivity contribution in [3.63, 3.8) is 0 Å². The molecule has 6 nitrogen and oxygen atoms in total. The minimum absolute atomic E-state index is 0.265. The Morgan fingerprint density at radius 1 is 1.73 bits per heavy atom. The van der Waals surface area contributed by atoms with Crippen LogP contribution in [-0.2, 0) is 0 Å². The van der Waals surface area contributed by atoms with Gasteiger partial charge in [-0.1, -0.05) is 5.10 Å². The highest BCUT2D eigenvalue weighted by molar-refractivity contribution is 5.24. The van der Waals surface area contributed by atoms with Crippen molar-refractivity contribution in [3.8, 4) is 0 Å². The molecule has 0 radical (unpaired) electrons. The van der Waals surface area contributed by atoms with E-state index < -0.39 is 0 Å². The Balaban J connectivity index is 2.32. The van der Waals surface area contributed by atoms with Gasteiger partial charge in [0, 0.05) is 13.1 Å². The lowest BCUT2D eigenvalue weighted by Gasteiger charge is -2.21. The van der Waals surface area contributed by atoms with Gasteiger partial charge in [0.05, 0.1) is 6.04 Å². The van der Waals surface area contributed by atoms with Gasteiger partial charge in [0.1, 0.15) is 0 Å². The zero-order chi connectivity index (χ0) is 7.68. The molecular formula is C5H10N6. The summed E-state index contributed by atoms with van der Waals surface area (Å²) < 4.78 is 1.74. The summed E-state index contributed by atoms with van der Waals surface area (Å²) in [6, 6.07) is 0.265. The van der Waals surface area contributed by atoms with Crippen LogP contribution in [0.15, 0.2) is 0 Å². The number of hydrogen-bond acceptors (Lipinski definition) is 5. The second kappa shape index (κ2) is 2.46. The molecule has 6 heteroatoms. The van der Waals surface area contributed by atoms with Crippen molar-refractivity contribution in [3.05, 3.63) is 0 Å². The Morgan fingerprint density at radius 2 is 2.64 bits per heavy atom. The van der Waals surface area contributed by atoms with Crippen LogP contribution in [0, 0.1) is 0 Å². The summed E-state index contributed by atoms with van der Waals surface area (Å²) in [5.41, 5.74) is 5.53. The fourth-order valence-corrected chi connectivity index (χ4v) is 1.25. The summed E-state index contributed by atoms with van der Waals surface area (Å²) >= 11 is 0. The summed E-state index contributed by atoms with van der Waals surface area (Å²) in [7, 11) is 0. The lowest BCUT2D eigenvalue weighted by atomic mass is 10.2.